The van der Waals surface area contributed by atoms with Crippen LogP contribution in [0.25, 0.3) is 0 Å². The second-order valence-corrected chi connectivity index (χ2v) is 4.90. The van der Waals surface area contributed by atoms with Crippen molar-refractivity contribution < 1.29 is 9.00 Å². The Kier molecular flexibility index (Phi) is 3.85. The fourth-order valence-electron chi connectivity index (χ4n) is 1.11. The Bertz CT molecular complexity index is 376. The Hall–Kier alpha value is -1.36. The molecule has 0 heterocycles. The summed E-state index contributed by atoms with van der Waals surface area (Å²) in [5.74, 6) is -0.231. The summed E-state index contributed by atoms with van der Waals surface area (Å²) in [5, 5.41) is 1.91. The molecule has 0 spiro atoms. The Morgan fingerprint density at radius 3 is 2.40 bits per heavy atom. The van der Waals surface area contributed by atoms with E-state index < -0.39 is 16.0 Å². The fraction of sp³-hybridized carbons (Fsp3) is 0.300. The summed E-state index contributed by atoms with van der Waals surface area (Å²) >= 11 is 0. The molecular weight excluding hydrogens is 212 g/mol. The lowest BCUT2D eigenvalue weighted by molar-refractivity contribution is -0.119. The highest BCUT2D eigenvalue weighted by Gasteiger charge is 2.19. The van der Waals surface area contributed by atoms with E-state index in [4.69, 9.17) is 5.73 Å². The molecule has 0 aliphatic carbocycles. The van der Waals surface area contributed by atoms with E-state index >= 15 is 0 Å². The monoisotopic (exact) mass is 226 g/mol. The zero-order valence-corrected chi connectivity index (χ0v) is 9.51. The summed E-state index contributed by atoms with van der Waals surface area (Å²) in [4.78, 5) is 11.9. The van der Waals surface area contributed by atoms with Gasteiger partial charge in [-0.3, -0.25) is 9.00 Å². The summed E-state index contributed by atoms with van der Waals surface area (Å²) in [6.45, 7) is 1.63. The predicted octanol–water partition coefficient (Wildman–Crippen LogP) is 0.511. The molecule has 15 heavy (non-hydrogen) atoms. The molecule has 5 heteroatoms. The van der Waals surface area contributed by atoms with Crippen LogP contribution in [0, 0.1) is 0 Å². The molecule has 82 valence electrons. The van der Waals surface area contributed by atoms with Crippen molar-refractivity contribution >= 4 is 22.4 Å². The number of carbonyl (C=O) groups is 1. The minimum Gasteiger partial charge on any atom is -0.399 e. The van der Waals surface area contributed by atoms with Crippen LogP contribution in [0.3, 0.4) is 0 Å². The number of hydrogen-bond acceptors (Lipinski definition) is 3. The SMILES string of the molecule is CNC(=O)C(C)S(=O)c1ccc(N)cc1. The van der Waals surface area contributed by atoms with Gasteiger partial charge in [0.25, 0.3) is 0 Å². The normalized spacial score (nSPS) is 14.3. The molecule has 0 aromatic heterocycles. The minimum absolute atomic E-state index is 0.231. The highest BCUT2D eigenvalue weighted by atomic mass is 32.2. The van der Waals surface area contributed by atoms with E-state index in [2.05, 4.69) is 5.32 Å². The van der Waals surface area contributed by atoms with Gasteiger partial charge in [-0.1, -0.05) is 0 Å². The maximum atomic E-state index is 11.9. The van der Waals surface area contributed by atoms with Gasteiger partial charge in [0.15, 0.2) is 0 Å². The number of hydrogen-bond donors (Lipinski definition) is 2. The summed E-state index contributed by atoms with van der Waals surface area (Å²) in [6.07, 6.45) is 0. The van der Waals surface area contributed by atoms with E-state index in [1.54, 1.807) is 31.2 Å². The maximum Gasteiger partial charge on any atom is 0.235 e. The second-order valence-electron chi connectivity index (χ2n) is 3.12. The van der Waals surface area contributed by atoms with Crippen LogP contribution in [0.5, 0.6) is 0 Å². The van der Waals surface area contributed by atoms with Gasteiger partial charge in [-0.15, -0.1) is 0 Å². The summed E-state index contributed by atoms with van der Waals surface area (Å²) < 4.78 is 11.9. The number of benzene rings is 1. The molecule has 0 fully saturated rings. The first-order chi connectivity index (χ1) is 7.06. The average Bonchev–Trinajstić information content (AvgIpc) is 2.27. The Morgan fingerprint density at radius 1 is 1.40 bits per heavy atom. The van der Waals surface area contributed by atoms with Crippen LogP contribution >= 0.6 is 0 Å². The molecule has 0 aliphatic rings. The van der Waals surface area contributed by atoms with Gasteiger partial charge in [-0.25, -0.2) is 0 Å². The number of amides is 1. The van der Waals surface area contributed by atoms with Crippen molar-refractivity contribution in [2.75, 3.05) is 12.8 Å². The molecule has 1 rings (SSSR count). The average molecular weight is 226 g/mol. The zero-order valence-electron chi connectivity index (χ0n) is 8.69. The first-order valence-corrected chi connectivity index (χ1v) is 5.75. The van der Waals surface area contributed by atoms with E-state index in [9.17, 15) is 9.00 Å². The largest absolute Gasteiger partial charge is 0.399 e. The summed E-state index contributed by atoms with van der Waals surface area (Å²) in [7, 11) is 0.193. The van der Waals surface area contributed by atoms with Crippen molar-refractivity contribution in [1.29, 1.82) is 0 Å². The van der Waals surface area contributed by atoms with E-state index in [1.165, 1.54) is 7.05 Å². The summed E-state index contributed by atoms with van der Waals surface area (Å²) in [5.41, 5.74) is 6.12. The highest BCUT2D eigenvalue weighted by molar-refractivity contribution is 7.86. The second kappa shape index (κ2) is 4.93. The Labute approximate surface area is 91.3 Å². The maximum absolute atomic E-state index is 11.9. The minimum atomic E-state index is -1.33. The number of anilines is 1. The lowest BCUT2D eigenvalue weighted by atomic mass is 10.3. The molecule has 0 radical (unpaired) electrons. The van der Waals surface area contributed by atoms with E-state index in [0.717, 1.165) is 0 Å². The number of nitrogen functional groups attached to an aromatic ring is 1. The Morgan fingerprint density at radius 2 is 1.93 bits per heavy atom. The molecule has 0 saturated carbocycles. The third kappa shape index (κ3) is 2.79. The molecule has 1 amide bonds. The van der Waals surface area contributed by atoms with Gasteiger partial charge < -0.3 is 11.1 Å². The lowest BCUT2D eigenvalue weighted by Gasteiger charge is -2.09. The van der Waals surface area contributed by atoms with Crippen molar-refractivity contribution in [3.05, 3.63) is 24.3 Å². The molecule has 1 aromatic rings. The number of carbonyl (C=O) groups excluding carboxylic acids is 1. The molecule has 0 aliphatic heterocycles. The smallest absolute Gasteiger partial charge is 0.235 e. The zero-order chi connectivity index (χ0) is 11.4. The van der Waals surface area contributed by atoms with E-state index in [-0.39, 0.29) is 5.91 Å². The third-order valence-electron chi connectivity index (χ3n) is 2.05. The van der Waals surface area contributed by atoms with Crippen molar-refractivity contribution in [2.45, 2.75) is 17.1 Å². The van der Waals surface area contributed by atoms with Crippen LogP contribution in [0.1, 0.15) is 6.92 Å². The molecule has 3 N–H and O–H groups in total. The van der Waals surface area contributed by atoms with Gasteiger partial charge in [-0.05, 0) is 31.2 Å². The van der Waals surface area contributed by atoms with Gasteiger partial charge in [0.1, 0.15) is 5.25 Å². The lowest BCUT2D eigenvalue weighted by Crippen LogP contribution is -2.32. The molecule has 2 unspecified atom stereocenters. The molecule has 0 saturated heterocycles. The van der Waals surface area contributed by atoms with Gasteiger partial charge in [0.05, 0.1) is 10.8 Å². The van der Waals surface area contributed by atoms with Crippen LogP contribution in [0.4, 0.5) is 5.69 Å². The standard InChI is InChI=1S/C10H14N2O2S/c1-7(10(13)12-2)15(14)9-5-3-8(11)4-6-9/h3-7H,11H2,1-2H3,(H,12,13). The number of nitrogens with two attached hydrogens (primary N) is 1. The number of nitrogens with one attached hydrogen (secondary N) is 1. The van der Waals surface area contributed by atoms with Crippen molar-refractivity contribution in [3.63, 3.8) is 0 Å². The molecule has 1 aromatic carbocycles. The van der Waals surface area contributed by atoms with Crippen LogP contribution < -0.4 is 11.1 Å². The quantitative estimate of drug-likeness (QED) is 0.738. The van der Waals surface area contributed by atoms with Gasteiger partial charge in [-0.2, -0.15) is 0 Å². The van der Waals surface area contributed by atoms with Crippen molar-refractivity contribution in [2.24, 2.45) is 0 Å². The fourth-order valence-corrected chi connectivity index (χ4v) is 2.23. The van der Waals surface area contributed by atoms with Crippen LogP contribution in [-0.2, 0) is 15.6 Å². The predicted molar refractivity (Wildman–Crippen MR) is 60.8 cm³/mol. The molecular formula is C10H14N2O2S. The molecule has 2 atom stereocenters. The highest BCUT2D eigenvalue weighted by Crippen LogP contribution is 2.13. The first-order valence-electron chi connectivity index (χ1n) is 4.54. The molecule has 0 bridgehead atoms. The Balaban J connectivity index is 2.85. The van der Waals surface area contributed by atoms with E-state index in [0.29, 0.717) is 10.6 Å². The summed E-state index contributed by atoms with van der Waals surface area (Å²) in [6, 6.07) is 6.68. The van der Waals surface area contributed by atoms with Gasteiger partial charge in [0, 0.05) is 17.6 Å². The van der Waals surface area contributed by atoms with Gasteiger partial charge in [0.2, 0.25) is 5.91 Å². The van der Waals surface area contributed by atoms with Crippen LogP contribution in [0.2, 0.25) is 0 Å². The van der Waals surface area contributed by atoms with Gasteiger partial charge >= 0.3 is 0 Å². The first kappa shape index (κ1) is 11.7. The van der Waals surface area contributed by atoms with Crippen LogP contribution in [-0.4, -0.2) is 22.4 Å². The van der Waals surface area contributed by atoms with Crippen LogP contribution in [0.15, 0.2) is 29.2 Å². The van der Waals surface area contributed by atoms with Crippen molar-refractivity contribution in [1.82, 2.24) is 5.32 Å². The van der Waals surface area contributed by atoms with E-state index in [1.807, 2.05) is 0 Å². The topological polar surface area (TPSA) is 72.2 Å². The number of rotatable bonds is 3. The third-order valence-corrected chi connectivity index (χ3v) is 3.64. The van der Waals surface area contributed by atoms with Crippen molar-refractivity contribution in [3.8, 4) is 0 Å². The molecule has 4 nitrogen and oxygen atoms in total.